The lowest BCUT2D eigenvalue weighted by Gasteiger charge is -2.23. The minimum Gasteiger partial charge on any atom is -0.342 e. The number of hydrogen-bond donors (Lipinski definition) is 2. The first-order valence-corrected chi connectivity index (χ1v) is 12.7. The number of hydrogen-bond acceptors (Lipinski definition) is 5. The number of carbonyl (C=O) groups excluding carboxylic acids is 2. The topological polar surface area (TPSA) is 88.9 Å². The lowest BCUT2D eigenvalue weighted by Crippen LogP contribution is -2.34. The van der Waals surface area contributed by atoms with Crippen molar-refractivity contribution in [2.75, 3.05) is 11.1 Å². The molecule has 0 fully saturated rings. The maximum absolute atomic E-state index is 12.9. The van der Waals surface area contributed by atoms with Crippen LogP contribution >= 0.6 is 23.4 Å². The molecule has 7 nitrogen and oxygen atoms in total. The Balaban J connectivity index is 1.76. The van der Waals surface area contributed by atoms with E-state index in [9.17, 15) is 9.59 Å². The smallest absolute Gasteiger partial charge is 0.253 e. The van der Waals surface area contributed by atoms with Gasteiger partial charge in [0.2, 0.25) is 5.91 Å². The van der Waals surface area contributed by atoms with Gasteiger partial charge in [-0.2, -0.15) is 0 Å². The molecule has 9 heteroatoms. The van der Waals surface area contributed by atoms with E-state index in [1.165, 1.54) is 17.3 Å². The monoisotopic (exact) mass is 511 g/mol. The van der Waals surface area contributed by atoms with Crippen molar-refractivity contribution in [3.63, 3.8) is 0 Å². The van der Waals surface area contributed by atoms with Gasteiger partial charge in [0.1, 0.15) is 0 Å². The molecule has 2 amide bonds. The van der Waals surface area contributed by atoms with Crippen molar-refractivity contribution in [3.8, 4) is 0 Å². The van der Waals surface area contributed by atoms with E-state index in [1.54, 1.807) is 30.3 Å². The van der Waals surface area contributed by atoms with Crippen molar-refractivity contribution in [1.29, 1.82) is 0 Å². The van der Waals surface area contributed by atoms with E-state index in [1.807, 2.05) is 50.5 Å². The Labute approximate surface area is 215 Å². The lowest BCUT2D eigenvalue weighted by molar-refractivity contribution is -0.113. The molecule has 0 radical (unpaired) electrons. The number of aryl methyl sites for hydroxylation is 2. The summed E-state index contributed by atoms with van der Waals surface area (Å²) in [5, 5.41) is 15.6. The minimum absolute atomic E-state index is 0.0279. The molecule has 1 atom stereocenters. The number of amides is 2. The molecule has 1 unspecified atom stereocenters. The molecule has 0 aliphatic carbocycles. The molecule has 0 aliphatic rings. The van der Waals surface area contributed by atoms with E-state index >= 15 is 0 Å². The van der Waals surface area contributed by atoms with Crippen molar-refractivity contribution in [2.24, 2.45) is 5.92 Å². The highest BCUT2D eigenvalue weighted by Crippen LogP contribution is 2.26. The van der Waals surface area contributed by atoms with Crippen LogP contribution in [-0.2, 0) is 11.3 Å². The van der Waals surface area contributed by atoms with Crippen LogP contribution in [0.1, 0.15) is 47.2 Å². The van der Waals surface area contributed by atoms with Crippen LogP contribution in [0.3, 0.4) is 0 Å². The fourth-order valence-electron chi connectivity index (χ4n) is 3.48. The van der Waals surface area contributed by atoms with Crippen molar-refractivity contribution in [2.45, 2.75) is 45.4 Å². The Kier molecular flexibility index (Phi) is 9.12. The van der Waals surface area contributed by atoms with Gasteiger partial charge in [0.05, 0.1) is 22.4 Å². The lowest BCUT2D eigenvalue weighted by atomic mass is 10.0. The van der Waals surface area contributed by atoms with Crippen LogP contribution in [-0.4, -0.2) is 32.3 Å². The van der Waals surface area contributed by atoms with Gasteiger partial charge in [0.15, 0.2) is 11.0 Å². The summed E-state index contributed by atoms with van der Waals surface area (Å²) in [5.41, 5.74) is 3.44. The van der Waals surface area contributed by atoms with E-state index in [-0.39, 0.29) is 23.5 Å². The predicted octanol–water partition coefficient (Wildman–Crippen LogP) is 5.59. The van der Waals surface area contributed by atoms with Gasteiger partial charge in [-0.05, 0) is 55.2 Å². The van der Waals surface area contributed by atoms with Crippen LogP contribution in [0.5, 0.6) is 0 Å². The van der Waals surface area contributed by atoms with Crippen molar-refractivity contribution in [1.82, 2.24) is 20.1 Å². The van der Waals surface area contributed by atoms with Crippen molar-refractivity contribution >= 4 is 40.9 Å². The molecular weight excluding hydrogens is 482 g/mol. The van der Waals surface area contributed by atoms with Gasteiger partial charge in [0, 0.05) is 12.2 Å². The first-order chi connectivity index (χ1) is 16.7. The zero-order valence-corrected chi connectivity index (χ0v) is 21.9. The number of nitrogens with one attached hydrogen (secondary N) is 2. The number of nitrogens with zero attached hydrogens (tertiary/aromatic N) is 3. The van der Waals surface area contributed by atoms with Gasteiger partial charge in [-0.15, -0.1) is 16.8 Å². The number of thioether (sulfide) groups is 1. The van der Waals surface area contributed by atoms with Gasteiger partial charge in [-0.1, -0.05) is 61.5 Å². The summed E-state index contributed by atoms with van der Waals surface area (Å²) in [6, 6.07) is 12.3. The Morgan fingerprint density at radius 2 is 1.89 bits per heavy atom. The zero-order valence-electron chi connectivity index (χ0n) is 20.3. The Morgan fingerprint density at radius 1 is 1.14 bits per heavy atom. The quantitative estimate of drug-likeness (QED) is 0.273. The highest BCUT2D eigenvalue weighted by atomic mass is 35.5. The molecule has 0 spiro atoms. The van der Waals surface area contributed by atoms with Crippen LogP contribution in [0.4, 0.5) is 5.69 Å². The molecule has 2 N–H and O–H groups in total. The Hall–Kier alpha value is -3.10. The summed E-state index contributed by atoms with van der Waals surface area (Å²) in [4.78, 5) is 25.5. The summed E-state index contributed by atoms with van der Waals surface area (Å²) in [5.74, 6) is 0.364. The first kappa shape index (κ1) is 26.5. The van der Waals surface area contributed by atoms with Crippen LogP contribution in [0.25, 0.3) is 0 Å². The largest absolute Gasteiger partial charge is 0.342 e. The summed E-state index contributed by atoms with van der Waals surface area (Å²) in [6.45, 7) is 12.3. The van der Waals surface area contributed by atoms with Crippen LogP contribution in [0, 0.1) is 19.8 Å². The number of allylic oxidation sites excluding steroid dienone is 1. The number of halogens is 1. The summed E-state index contributed by atoms with van der Waals surface area (Å²) in [6.07, 6.45) is 1.74. The van der Waals surface area contributed by atoms with E-state index in [4.69, 9.17) is 11.6 Å². The maximum atomic E-state index is 12.9. The number of carbonyl (C=O) groups is 2. The van der Waals surface area contributed by atoms with E-state index in [0.717, 1.165) is 11.3 Å². The molecule has 3 aromatic rings. The number of anilines is 1. The molecule has 184 valence electrons. The van der Waals surface area contributed by atoms with Gasteiger partial charge in [-0.3, -0.25) is 9.59 Å². The summed E-state index contributed by atoms with van der Waals surface area (Å²) in [7, 11) is 0. The molecule has 0 aliphatic heterocycles. The maximum Gasteiger partial charge on any atom is 0.253 e. The second kappa shape index (κ2) is 12.0. The SMILES string of the molecule is C=CCn1c(SCC(=O)Nc2ccc(C)c(C)c2)nnc1C(NC(=O)c1ccccc1Cl)C(C)C. The number of benzene rings is 2. The zero-order chi connectivity index (χ0) is 25.5. The van der Waals surface area contributed by atoms with Gasteiger partial charge < -0.3 is 15.2 Å². The van der Waals surface area contributed by atoms with Crippen LogP contribution < -0.4 is 10.6 Å². The fourth-order valence-corrected chi connectivity index (χ4v) is 4.45. The van der Waals surface area contributed by atoms with Crippen molar-refractivity contribution in [3.05, 3.63) is 82.7 Å². The van der Waals surface area contributed by atoms with Gasteiger partial charge in [-0.25, -0.2) is 0 Å². The van der Waals surface area contributed by atoms with Crippen LogP contribution in [0.2, 0.25) is 5.02 Å². The molecule has 0 saturated heterocycles. The summed E-state index contributed by atoms with van der Waals surface area (Å²) >= 11 is 7.50. The summed E-state index contributed by atoms with van der Waals surface area (Å²) < 4.78 is 1.87. The number of rotatable bonds is 10. The molecule has 0 bridgehead atoms. The third-order valence-electron chi connectivity index (χ3n) is 5.53. The standard InChI is InChI=1S/C26H30ClN5O2S/c1-6-13-32-24(23(16(2)3)29-25(34)20-9-7-8-10-21(20)27)30-31-26(32)35-15-22(33)28-19-12-11-17(4)18(5)14-19/h6-12,14,16,23H,1,13,15H2,2-5H3,(H,28,33)(H,29,34). The average molecular weight is 512 g/mol. The third kappa shape index (κ3) is 6.74. The molecule has 0 saturated carbocycles. The first-order valence-electron chi connectivity index (χ1n) is 11.3. The molecule has 3 rings (SSSR count). The third-order valence-corrected chi connectivity index (χ3v) is 6.83. The molecule has 35 heavy (non-hydrogen) atoms. The van der Waals surface area contributed by atoms with E-state index in [0.29, 0.717) is 28.1 Å². The second-order valence-electron chi connectivity index (χ2n) is 8.55. The minimum atomic E-state index is -0.412. The van der Waals surface area contributed by atoms with Crippen LogP contribution in [0.15, 0.2) is 60.3 Å². The fraction of sp³-hybridized carbons (Fsp3) is 0.308. The average Bonchev–Trinajstić information content (AvgIpc) is 3.21. The second-order valence-corrected chi connectivity index (χ2v) is 9.90. The predicted molar refractivity (Wildman–Crippen MR) is 142 cm³/mol. The van der Waals surface area contributed by atoms with Gasteiger partial charge in [0.25, 0.3) is 5.91 Å². The molecule has 1 aromatic heterocycles. The highest BCUT2D eigenvalue weighted by molar-refractivity contribution is 7.99. The highest BCUT2D eigenvalue weighted by Gasteiger charge is 2.27. The van der Waals surface area contributed by atoms with E-state index < -0.39 is 6.04 Å². The number of aromatic nitrogens is 3. The Morgan fingerprint density at radius 3 is 2.54 bits per heavy atom. The Bertz CT molecular complexity index is 1220. The normalized spacial score (nSPS) is 11.8. The molecular formula is C26H30ClN5O2S. The van der Waals surface area contributed by atoms with Gasteiger partial charge >= 0.3 is 0 Å². The molecule has 2 aromatic carbocycles. The van der Waals surface area contributed by atoms with E-state index in [2.05, 4.69) is 27.4 Å². The van der Waals surface area contributed by atoms with Crippen molar-refractivity contribution < 1.29 is 9.59 Å². The molecule has 1 heterocycles.